The second-order valence-electron chi connectivity index (χ2n) is 5.64. The van der Waals surface area contributed by atoms with E-state index in [4.69, 9.17) is 0 Å². The Kier molecular flexibility index (Phi) is 2.92. The Labute approximate surface area is 102 Å². The zero-order valence-electron chi connectivity index (χ0n) is 10.9. The molecule has 17 heavy (non-hydrogen) atoms. The zero-order chi connectivity index (χ0) is 12.6. The van der Waals surface area contributed by atoms with Crippen LogP contribution in [0.5, 0.6) is 0 Å². The highest BCUT2D eigenvalue weighted by molar-refractivity contribution is 5.82. The van der Waals surface area contributed by atoms with E-state index in [1.165, 1.54) is 0 Å². The van der Waals surface area contributed by atoms with E-state index >= 15 is 0 Å². The predicted molar refractivity (Wildman–Crippen MR) is 70.9 cm³/mol. The van der Waals surface area contributed by atoms with Crippen LogP contribution in [0.15, 0.2) is 30.3 Å². The summed E-state index contributed by atoms with van der Waals surface area (Å²) in [5, 5.41) is 11.5. The van der Waals surface area contributed by atoms with Crippen molar-refractivity contribution in [2.75, 3.05) is 0 Å². The summed E-state index contributed by atoms with van der Waals surface area (Å²) in [6.45, 7) is 8.10. The molecule has 0 aliphatic rings. The molecule has 0 aliphatic carbocycles. The van der Waals surface area contributed by atoms with Gasteiger partial charge in [0.05, 0.1) is 11.6 Å². The average Bonchev–Trinajstić information content (AvgIpc) is 2.25. The van der Waals surface area contributed by atoms with Crippen LogP contribution in [0.1, 0.15) is 38.1 Å². The summed E-state index contributed by atoms with van der Waals surface area (Å²) in [6, 6.07) is 9.95. The fraction of sp³-hybridized carbons (Fsp3) is 0.400. The first-order valence-corrected chi connectivity index (χ1v) is 5.94. The Hall–Kier alpha value is -1.41. The number of aromatic nitrogens is 1. The van der Waals surface area contributed by atoms with Gasteiger partial charge in [0.2, 0.25) is 0 Å². The number of hydrogen-bond donors (Lipinski definition) is 1. The highest BCUT2D eigenvalue weighted by atomic mass is 16.3. The molecule has 0 radical (unpaired) electrons. The first kappa shape index (κ1) is 12.1. The molecule has 1 aromatic heterocycles. The number of hydrogen-bond acceptors (Lipinski definition) is 2. The smallest absolute Gasteiger partial charge is 0.0845 e. The van der Waals surface area contributed by atoms with E-state index in [-0.39, 0.29) is 5.41 Å². The van der Waals surface area contributed by atoms with Gasteiger partial charge in [-0.25, -0.2) is 0 Å². The van der Waals surface area contributed by atoms with Gasteiger partial charge in [-0.3, -0.25) is 4.98 Å². The van der Waals surface area contributed by atoms with E-state index in [9.17, 15) is 5.11 Å². The molecular formula is C15H19NO. The number of nitrogens with zero attached hydrogens (tertiary/aromatic N) is 1. The highest BCUT2D eigenvalue weighted by Gasteiger charge is 2.25. The number of para-hydroxylation sites is 1. The minimum absolute atomic E-state index is 0.170. The lowest BCUT2D eigenvalue weighted by molar-refractivity contribution is 0.0638. The van der Waals surface area contributed by atoms with Crippen LogP contribution in [0.3, 0.4) is 0 Å². The molecule has 0 spiro atoms. The Morgan fingerprint density at radius 3 is 2.47 bits per heavy atom. The summed E-state index contributed by atoms with van der Waals surface area (Å²) in [6.07, 6.45) is -0.478. The third kappa shape index (κ3) is 2.32. The quantitative estimate of drug-likeness (QED) is 0.810. The molecule has 90 valence electrons. The van der Waals surface area contributed by atoms with Crippen molar-refractivity contribution >= 4 is 10.9 Å². The fourth-order valence-corrected chi connectivity index (χ4v) is 2.03. The van der Waals surface area contributed by atoms with E-state index in [0.29, 0.717) is 0 Å². The summed E-state index contributed by atoms with van der Waals surface area (Å²) in [5.41, 5.74) is 2.70. The van der Waals surface area contributed by atoms with E-state index in [0.717, 1.165) is 22.2 Å². The third-order valence-electron chi connectivity index (χ3n) is 2.99. The van der Waals surface area contributed by atoms with Crippen molar-refractivity contribution in [3.8, 4) is 0 Å². The van der Waals surface area contributed by atoms with Crippen molar-refractivity contribution < 1.29 is 5.11 Å². The lowest BCUT2D eigenvalue weighted by Crippen LogP contribution is -2.18. The van der Waals surface area contributed by atoms with Crippen molar-refractivity contribution in [3.05, 3.63) is 41.6 Å². The van der Waals surface area contributed by atoms with Crippen LogP contribution in [0, 0.1) is 12.3 Å². The second kappa shape index (κ2) is 4.11. The number of rotatable bonds is 1. The lowest BCUT2D eigenvalue weighted by Gasteiger charge is -2.27. The van der Waals surface area contributed by atoms with Crippen LogP contribution in [0.25, 0.3) is 10.9 Å². The van der Waals surface area contributed by atoms with Gasteiger partial charge < -0.3 is 5.11 Å². The van der Waals surface area contributed by atoms with Crippen molar-refractivity contribution in [3.63, 3.8) is 0 Å². The van der Waals surface area contributed by atoms with Gasteiger partial charge in [-0.15, -0.1) is 0 Å². The maximum absolute atomic E-state index is 10.5. The molecule has 0 amide bonds. The van der Waals surface area contributed by atoms with Crippen LogP contribution in [0.4, 0.5) is 0 Å². The molecule has 2 heteroatoms. The summed E-state index contributed by atoms with van der Waals surface area (Å²) < 4.78 is 0. The minimum atomic E-state index is -0.478. The molecule has 0 bridgehead atoms. The van der Waals surface area contributed by atoms with Gasteiger partial charge in [-0.2, -0.15) is 0 Å². The second-order valence-corrected chi connectivity index (χ2v) is 5.64. The van der Waals surface area contributed by atoms with Gasteiger partial charge in [0.15, 0.2) is 0 Å². The number of aliphatic hydroxyl groups excluding tert-OH is 1. The molecule has 2 rings (SSSR count). The van der Waals surface area contributed by atoms with E-state index in [1.807, 2.05) is 58.0 Å². The maximum atomic E-state index is 10.5. The first-order valence-electron chi connectivity index (χ1n) is 5.94. The van der Waals surface area contributed by atoms with E-state index < -0.39 is 6.10 Å². The number of aryl methyl sites for hydroxylation is 1. The molecule has 2 aromatic rings. The van der Waals surface area contributed by atoms with E-state index in [2.05, 4.69) is 4.98 Å². The van der Waals surface area contributed by atoms with Crippen LogP contribution in [0.2, 0.25) is 0 Å². The Morgan fingerprint density at radius 2 is 1.82 bits per heavy atom. The maximum Gasteiger partial charge on any atom is 0.0845 e. The van der Waals surface area contributed by atoms with Crippen LogP contribution >= 0.6 is 0 Å². The number of pyridine rings is 1. The molecule has 1 heterocycles. The molecule has 1 N–H and O–H groups in total. The van der Waals surface area contributed by atoms with Gasteiger partial charge >= 0.3 is 0 Å². The number of benzene rings is 1. The number of aliphatic hydroxyl groups is 1. The molecule has 0 aliphatic heterocycles. The highest BCUT2D eigenvalue weighted by Crippen LogP contribution is 2.36. The molecule has 1 aromatic carbocycles. The van der Waals surface area contributed by atoms with Gasteiger partial charge in [0.25, 0.3) is 0 Å². The van der Waals surface area contributed by atoms with Crippen LogP contribution in [-0.4, -0.2) is 10.1 Å². The van der Waals surface area contributed by atoms with Gasteiger partial charge in [0.1, 0.15) is 0 Å². The summed E-state index contributed by atoms with van der Waals surface area (Å²) in [5.74, 6) is 0. The fourth-order valence-electron chi connectivity index (χ4n) is 2.03. The minimum Gasteiger partial charge on any atom is -0.388 e. The standard InChI is InChI=1S/C15H19NO/c1-10-9-12(14(17)15(2,3)4)11-7-5-6-8-13(11)16-10/h5-9,14,17H,1-4H3. The predicted octanol–water partition coefficient (Wildman–Crippen LogP) is 3.62. The normalized spacial score (nSPS) is 13.9. The molecule has 0 saturated carbocycles. The monoisotopic (exact) mass is 229 g/mol. The van der Waals surface area contributed by atoms with Crippen molar-refractivity contribution in [1.29, 1.82) is 0 Å². The SMILES string of the molecule is Cc1cc(C(O)C(C)(C)C)c2ccccc2n1. The summed E-state index contributed by atoms with van der Waals surface area (Å²) in [4.78, 5) is 4.49. The van der Waals surface area contributed by atoms with Crippen molar-refractivity contribution in [1.82, 2.24) is 4.98 Å². The molecule has 2 nitrogen and oxygen atoms in total. The van der Waals surface area contributed by atoms with Crippen LogP contribution < -0.4 is 0 Å². The van der Waals surface area contributed by atoms with Gasteiger partial charge in [-0.1, -0.05) is 39.0 Å². The Balaban J connectivity index is 2.68. The topological polar surface area (TPSA) is 33.1 Å². The first-order chi connectivity index (χ1) is 7.89. The number of fused-ring (bicyclic) bond motifs is 1. The Bertz CT molecular complexity index is 540. The molecule has 0 saturated heterocycles. The van der Waals surface area contributed by atoms with Gasteiger partial charge in [-0.05, 0) is 30.0 Å². The third-order valence-corrected chi connectivity index (χ3v) is 2.99. The van der Waals surface area contributed by atoms with E-state index in [1.54, 1.807) is 0 Å². The molecular weight excluding hydrogens is 210 g/mol. The molecule has 1 unspecified atom stereocenters. The van der Waals surface area contributed by atoms with Crippen LogP contribution in [-0.2, 0) is 0 Å². The zero-order valence-corrected chi connectivity index (χ0v) is 10.9. The summed E-state index contributed by atoms with van der Waals surface area (Å²) in [7, 11) is 0. The van der Waals surface area contributed by atoms with Crippen molar-refractivity contribution in [2.24, 2.45) is 5.41 Å². The lowest BCUT2D eigenvalue weighted by atomic mass is 9.83. The van der Waals surface area contributed by atoms with Crippen molar-refractivity contribution in [2.45, 2.75) is 33.8 Å². The molecule has 1 atom stereocenters. The van der Waals surface area contributed by atoms with Gasteiger partial charge in [0, 0.05) is 11.1 Å². The average molecular weight is 229 g/mol. The molecule has 0 fully saturated rings. The Morgan fingerprint density at radius 1 is 1.18 bits per heavy atom. The summed E-state index contributed by atoms with van der Waals surface area (Å²) >= 11 is 0. The largest absolute Gasteiger partial charge is 0.388 e.